The molecule has 126 valence electrons. The molecule has 24 heavy (non-hydrogen) atoms. The number of benzene rings is 1. The van der Waals surface area contributed by atoms with Gasteiger partial charge in [0.2, 0.25) is 0 Å². The molecule has 1 aromatic heterocycles. The Labute approximate surface area is 140 Å². The number of nitrogens with zero attached hydrogens (tertiary/aromatic N) is 2. The zero-order valence-corrected chi connectivity index (χ0v) is 14.3. The lowest BCUT2D eigenvalue weighted by molar-refractivity contribution is 0.630. The first kappa shape index (κ1) is 17.5. The highest BCUT2D eigenvalue weighted by Crippen LogP contribution is 2.33. The molecule has 2 aromatic rings. The van der Waals surface area contributed by atoms with E-state index in [4.69, 9.17) is 0 Å². The number of nitrogens with one attached hydrogen (secondary N) is 2. The molecule has 5 nitrogen and oxygen atoms in total. The van der Waals surface area contributed by atoms with Crippen LogP contribution in [0.5, 0.6) is 0 Å². The smallest absolute Gasteiger partial charge is 0.254 e. The van der Waals surface area contributed by atoms with Gasteiger partial charge in [-0.15, -0.1) is 0 Å². The number of halogens is 1. The van der Waals surface area contributed by atoms with Gasteiger partial charge in [-0.05, 0) is 24.6 Å². The van der Waals surface area contributed by atoms with Gasteiger partial charge in [-0.25, -0.2) is 9.38 Å². The Hall–Kier alpha value is -2.89. The van der Waals surface area contributed by atoms with Crippen molar-refractivity contribution in [2.75, 3.05) is 5.32 Å². The Morgan fingerprint density at radius 1 is 1.25 bits per heavy atom. The number of hydrogen-bond donors (Lipinski definition) is 2. The maximum absolute atomic E-state index is 14.0. The van der Waals surface area contributed by atoms with Crippen LogP contribution in [-0.2, 0) is 7.05 Å². The van der Waals surface area contributed by atoms with E-state index in [1.807, 2.05) is 20.8 Å². The van der Waals surface area contributed by atoms with Crippen molar-refractivity contribution in [3.8, 4) is 0 Å². The fourth-order valence-corrected chi connectivity index (χ4v) is 2.34. The van der Waals surface area contributed by atoms with Crippen molar-refractivity contribution < 1.29 is 4.39 Å². The molecule has 6 heteroatoms. The van der Waals surface area contributed by atoms with Gasteiger partial charge in [-0.3, -0.25) is 9.36 Å². The van der Waals surface area contributed by atoms with Crippen LogP contribution in [0, 0.1) is 12.7 Å². The van der Waals surface area contributed by atoms with Crippen LogP contribution < -0.4 is 16.2 Å². The van der Waals surface area contributed by atoms with Gasteiger partial charge < -0.3 is 10.6 Å². The molecule has 0 unspecified atom stereocenters. The van der Waals surface area contributed by atoms with Crippen molar-refractivity contribution in [3.63, 3.8) is 0 Å². The van der Waals surface area contributed by atoms with Crippen LogP contribution in [-0.4, -0.2) is 10.9 Å². The predicted octanol–water partition coefficient (Wildman–Crippen LogP) is 3.84. The molecule has 0 saturated heterocycles. The zero-order valence-electron chi connectivity index (χ0n) is 14.3. The first-order valence-electron chi connectivity index (χ1n) is 7.73. The number of fused-ring (bicyclic) bond motifs is 1. The SMILES string of the molecule is C=C1NC=Nc2c1c(Nc1ccc(C)cc1F)cc(=O)n2C.CC. The van der Waals surface area contributed by atoms with E-state index in [2.05, 4.69) is 22.2 Å². The molecule has 0 saturated carbocycles. The Bertz CT molecular complexity index is 868. The maximum atomic E-state index is 14.0. The summed E-state index contributed by atoms with van der Waals surface area (Å²) in [5, 5.41) is 5.86. The summed E-state index contributed by atoms with van der Waals surface area (Å²) >= 11 is 0. The molecule has 3 rings (SSSR count). The summed E-state index contributed by atoms with van der Waals surface area (Å²) in [4.78, 5) is 16.2. The molecule has 0 atom stereocenters. The minimum Gasteiger partial charge on any atom is -0.352 e. The van der Waals surface area contributed by atoms with Crippen LogP contribution in [0.2, 0.25) is 0 Å². The second kappa shape index (κ2) is 7.12. The molecule has 2 N–H and O–H groups in total. The Morgan fingerprint density at radius 2 is 1.96 bits per heavy atom. The van der Waals surface area contributed by atoms with Crippen LogP contribution in [0.1, 0.15) is 25.0 Å². The number of aromatic nitrogens is 1. The lowest BCUT2D eigenvalue weighted by atomic mass is 10.1. The van der Waals surface area contributed by atoms with Crippen LogP contribution in [0.15, 0.2) is 40.6 Å². The molecule has 0 fully saturated rings. The van der Waals surface area contributed by atoms with Crippen molar-refractivity contribution in [1.29, 1.82) is 0 Å². The topological polar surface area (TPSA) is 58.4 Å². The highest BCUT2D eigenvalue weighted by atomic mass is 19.1. The zero-order chi connectivity index (χ0) is 17.9. The molecule has 0 aliphatic carbocycles. The van der Waals surface area contributed by atoms with Crippen molar-refractivity contribution >= 4 is 29.2 Å². The van der Waals surface area contributed by atoms with E-state index in [9.17, 15) is 9.18 Å². The van der Waals surface area contributed by atoms with Crippen molar-refractivity contribution in [1.82, 2.24) is 9.88 Å². The number of rotatable bonds is 2. The van der Waals surface area contributed by atoms with Crippen LogP contribution in [0.3, 0.4) is 0 Å². The van der Waals surface area contributed by atoms with E-state index in [0.717, 1.165) is 5.56 Å². The fraction of sp³-hybridized carbons (Fsp3) is 0.222. The minimum atomic E-state index is -0.382. The molecule has 0 amide bonds. The number of pyridine rings is 1. The molecule has 1 aromatic carbocycles. The summed E-state index contributed by atoms with van der Waals surface area (Å²) in [6.45, 7) is 9.73. The second-order valence-corrected chi connectivity index (χ2v) is 5.14. The lowest BCUT2D eigenvalue weighted by Gasteiger charge is -2.21. The normalized spacial score (nSPS) is 12.0. The first-order chi connectivity index (χ1) is 11.5. The molecule has 1 aliphatic rings. The van der Waals surface area contributed by atoms with E-state index in [-0.39, 0.29) is 11.4 Å². The van der Waals surface area contributed by atoms with Gasteiger partial charge in [0.1, 0.15) is 11.6 Å². The molecule has 2 heterocycles. The quantitative estimate of drug-likeness (QED) is 0.881. The Kier molecular flexibility index (Phi) is 5.18. The van der Waals surface area contributed by atoms with Gasteiger partial charge >= 0.3 is 0 Å². The van der Waals surface area contributed by atoms with E-state index in [0.29, 0.717) is 28.5 Å². The average molecular weight is 328 g/mol. The first-order valence-corrected chi connectivity index (χ1v) is 7.73. The summed E-state index contributed by atoms with van der Waals surface area (Å²) in [5.74, 6) is 0.0959. The molecule has 0 radical (unpaired) electrons. The maximum Gasteiger partial charge on any atom is 0.254 e. The third-order valence-corrected chi connectivity index (χ3v) is 3.53. The van der Waals surface area contributed by atoms with Crippen LogP contribution >= 0.6 is 0 Å². The number of anilines is 2. The van der Waals surface area contributed by atoms with Gasteiger partial charge in [0.25, 0.3) is 5.56 Å². The van der Waals surface area contributed by atoms with Gasteiger partial charge in [0, 0.05) is 18.8 Å². The van der Waals surface area contributed by atoms with Crippen LogP contribution in [0.4, 0.5) is 21.6 Å². The molecule has 0 bridgehead atoms. The Morgan fingerprint density at radius 3 is 2.62 bits per heavy atom. The lowest BCUT2D eigenvalue weighted by Crippen LogP contribution is -2.23. The predicted molar refractivity (Wildman–Crippen MR) is 97.8 cm³/mol. The minimum absolute atomic E-state index is 0.236. The molecule has 1 aliphatic heterocycles. The average Bonchev–Trinajstić information content (AvgIpc) is 2.56. The summed E-state index contributed by atoms with van der Waals surface area (Å²) in [6, 6.07) is 6.27. The van der Waals surface area contributed by atoms with E-state index >= 15 is 0 Å². The van der Waals surface area contributed by atoms with Crippen molar-refractivity contribution in [2.45, 2.75) is 20.8 Å². The summed E-state index contributed by atoms with van der Waals surface area (Å²) in [6.07, 6.45) is 1.47. The van der Waals surface area contributed by atoms with E-state index in [1.54, 1.807) is 19.2 Å². The third kappa shape index (κ3) is 3.22. The molecular formula is C18H21FN4O. The van der Waals surface area contributed by atoms with Crippen molar-refractivity contribution in [2.24, 2.45) is 12.0 Å². The number of aliphatic imine (C=N–C) groups is 1. The number of aryl methyl sites for hydroxylation is 1. The third-order valence-electron chi connectivity index (χ3n) is 3.53. The summed E-state index contributed by atoms with van der Waals surface area (Å²) < 4.78 is 15.5. The van der Waals surface area contributed by atoms with Gasteiger partial charge in [-0.2, -0.15) is 0 Å². The summed E-state index contributed by atoms with van der Waals surface area (Å²) in [5.41, 5.74) is 2.59. The monoisotopic (exact) mass is 328 g/mol. The highest BCUT2D eigenvalue weighted by molar-refractivity contribution is 5.91. The van der Waals surface area contributed by atoms with Gasteiger partial charge in [0.05, 0.1) is 23.3 Å². The Balaban J connectivity index is 0.00000100. The number of hydrogen-bond acceptors (Lipinski definition) is 4. The van der Waals surface area contributed by atoms with Gasteiger partial charge in [-0.1, -0.05) is 26.5 Å². The summed E-state index contributed by atoms with van der Waals surface area (Å²) in [7, 11) is 1.63. The largest absolute Gasteiger partial charge is 0.352 e. The van der Waals surface area contributed by atoms with E-state index in [1.165, 1.54) is 23.0 Å². The standard InChI is InChI=1S/C16H15FN4O.C2H6/c1-9-4-5-12(11(17)6-9)20-13-7-14(22)21(3)16-15(13)10(2)18-8-19-16;1-2/h4-8,20H,2H2,1,3H3,(H,18,19);1-2H3. The molecule has 0 spiro atoms. The molecular weight excluding hydrogens is 307 g/mol. The van der Waals surface area contributed by atoms with Crippen molar-refractivity contribution in [3.05, 3.63) is 58.1 Å². The second-order valence-electron chi connectivity index (χ2n) is 5.14. The highest BCUT2D eigenvalue weighted by Gasteiger charge is 2.19. The van der Waals surface area contributed by atoms with E-state index < -0.39 is 0 Å². The van der Waals surface area contributed by atoms with Crippen LogP contribution in [0.25, 0.3) is 5.70 Å². The van der Waals surface area contributed by atoms with Gasteiger partial charge in [0.15, 0.2) is 0 Å². The fourth-order valence-electron chi connectivity index (χ4n) is 2.34.